The van der Waals surface area contributed by atoms with Gasteiger partial charge in [0.2, 0.25) is 0 Å². The van der Waals surface area contributed by atoms with Gasteiger partial charge in [-0.3, -0.25) is 0 Å². The Hall–Kier alpha value is 3.50. The van der Waals surface area contributed by atoms with E-state index in [9.17, 15) is 0 Å². The second kappa shape index (κ2) is 104. The molecule has 0 amide bonds. The summed E-state index contributed by atoms with van der Waals surface area (Å²) in [6.07, 6.45) is 0. The van der Waals surface area contributed by atoms with Crippen LogP contribution in [0.1, 0.15) is 0 Å². The van der Waals surface area contributed by atoms with E-state index in [4.69, 9.17) is 0 Å². The maximum atomic E-state index is 0. The van der Waals surface area contributed by atoms with Gasteiger partial charge in [-0.05, 0) is 0 Å². The zero-order valence-electron chi connectivity index (χ0n) is 5.54. The summed E-state index contributed by atoms with van der Waals surface area (Å²) >= 11 is 0. The molecule has 0 saturated carbocycles. The third-order valence-corrected chi connectivity index (χ3v) is 0. The Morgan fingerprint density at radius 2 is 0.333 bits per heavy atom. The van der Waals surface area contributed by atoms with Crippen LogP contribution < -0.4 is 24.6 Å². The Bertz CT molecular complexity index is 12.5. The molecule has 0 unspecified atom stereocenters. The van der Waals surface area contributed by atoms with Gasteiger partial charge in [0.15, 0.2) is 0 Å². The molecule has 0 aliphatic heterocycles. The van der Waals surface area contributed by atoms with Gasteiger partial charge in [-0.2, -0.15) is 0 Å². The van der Waals surface area contributed by atoms with E-state index < -0.39 is 0 Å². The molecule has 0 atom stereocenters. The van der Waals surface area contributed by atoms with Gasteiger partial charge in [0.25, 0.3) is 0 Å². The van der Waals surface area contributed by atoms with Crippen LogP contribution in [-0.2, 0) is 86.9 Å². The maximum absolute atomic E-state index is 0. The molecular weight excluding hydrogens is 366 g/mol. The van der Waals surface area contributed by atoms with E-state index in [1.807, 2.05) is 0 Å². The Balaban J connectivity index is 0. The predicted octanol–water partition coefficient (Wildman–Crippen LogP) is -0.278. The molecule has 0 aliphatic carbocycles. The molecule has 0 spiro atoms. The van der Waals surface area contributed by atoms with Gasteiger partial charge in [-0.1, -0.05) is 0 Å². The molecule has 0 heterocycles. The molecule has 12 N–H and O–H groups in total. The molecule has 0 aliphatic rings. The van der Waals surface area contributed by atoms with Crippen molar-refractivity contribution in [3.8, 4) is 0 Å². The van der Waals surface area contributed by atoms with E-state index in [-0.39, 0.29) is 135 Å². The smallest absolute Gasteiger partial charge is 0 e. The molecule has 0 aromatic heterocycles. The first-order valence-corrected chi connectivity index (χ1v) is 0. The molecule has 0 saturated heterocycles. The standard InChI is InChI=1S/4H3N.Sn.4Ti.2H/h4*1H3;;;;;;;. The minimum atomic E-state index is 0. The minimum Gasteiger partial charge on any atom is 0 e. The number of rotatable bonds is 0. The van der Waals surface area contributed by atoms with Crippen LogP contribution in [0.5, 0.6) is 0 Å². The van der Waals surface area contributed by atoms with Crippen molar-refractivity contribution in [2.45, 2.75) is 0 Å². The minimum absolute atomic E-state index is 0. The fourth-order valence-corrected chi connectivity index (χ4v) is 0. The predicted molar refractivity (Wildman–Crippen MR) is 28.6 cm³/mol. The molecule has 9 heavy (non-hydrogen) atoms. The summed E-state index contributed by atoms with van der Waals surface area (Å²) < 4.78 is 0. The molecule has 2 radical (unpaired) electrons. The van der Waals surface area contributed by atoms with E-state index in [0.717, 1.165) is 0 Å². The summed E-state index contributed by atoms with van der Waals surface area (Å²) in [6.45, 7) is 0. The Kier molecular flexibility index (Phi) is 1560. The second-order valence-corrected chi connectivity index (χ2v) is 0. The third-order valence-electron chi connectivity index (χ3n) is 0. The summed E-state index contributed by atoms with van der Waals surface area (Å²) in [4.78, 5) is 0. The Morgan fingerprint density at radius 1 is 0.333 bits per heavy atom. The van der Waals surface area contributed by atoms with Crippen molar-refractivity contribution in [2.75, 3.05) is 0 Å². The van der Waals surface area contributed by atoms with Crippen LogP contribution in [0.3, 0.4) is 0 Å². The van der Waals surface area contributed by atoms with E-state index in [0.29, 0.717) is 0 Å². The van der Waals surface area contributed by atoms with Crippen LogP contribution in [0, 0.1) is 0 Å². The fourth-order valence-electron chi connectivity index (χ4n) is 0. The second-order valence-electron chi connectivity index (χ2n) is 0. The van der Waals surface area contributed by atoms with E-state index >= 15 is 0 Å². The third kappa shape index (κ3) is 84.8. The van der Waals surface area contributed by atoms with Gasteiger partial charge in [0.05, 0.1) is 0 Å². The first kappa shape index (κ1) is 135. The van der Waals surface area contributed by atoms with Gasteiger partial charge in [-0.15, -0.1) is 0 Å². The molecule has 0 aromatic carbocycles. The quantitative estimate of drug-likeness (QED) is 0.429. The molecular formula is H14N4SnTi4. The van der Waals surface area contributed by atoms with Crippen molar-refractivity contribution in [3.63, 3.8) is 0 Å². The molecule has 0 bridgehead atoms. The van der Waals surface area contributed by atoms with Crippen LogP contribution in [0.2, 0.25) is 0 Å². The molecule has 0 aromatic rings. The Labute approximate surface area is 133 Å². The van der Waals surface area contributed by atoms with Crippen LogP contribution in [0.4, 0.5) is 0 Å². The summed E-state index contributed by atoms with van der Waals surface area (Å²) in [7, 11) is 0. The summed E-state index contributed by atoms with van der Waals surface area (Å²) in [5, 5.41) is 0. The van der Waals surface area contributed by atoms with E-state index in [1.54, 1.807) is 0 Å². The maximum Gasteiger partial charge on any atom is 0 e. The van der Waals surface area contributed by atoms with Gasteiger partial charge < -0.3 is 24.6 Å². The zero-order valence-corrected chi connectivity index (χ0v) is 15.8. The first-order chi connectivity index (χ1) is 0. The van der Waals surface area contributed by atoms with Gasteiger partial charge in [-0.25, -0.2) is 0 Å². The van der Waals surface area contributed by atoms with Gasteiger partial charge >= 0.3 is 23.9 Å². The molecule has 4 nitrogen and oxygen atoms in total. The van der Waals surface area contributed by atoms with Crippen molar-refractivity contribution >= 4 is 23.9 Å². The van der Waals surface area contributed by atoms with Crippen LogP contribution in [-0.4, -0.2) is 23.9 Å². The van der Waals surface area contributed by atoms with Crippen LogP contribution >= 0.6 is 0 Å². The van der Waals surface area contributed by atoms with Crippen molar-refractivity contribution < 1.29 is 86.9 Å². The molecule has 0 rings (SSSR count). The molecule has 54 valence electrons. The average Bonchev–Trinajstić information content (AvgIpc) is 0. The SMILES string of the molecule is N.N.N.N.[SnH2].[Ti].[Ti].[Ti].[Ti]. The van der Waals surface area contributed by atoms with Crippen LogP contribution in [0.25, 0.3) is 0 Å². The summed E-state index contributed by atoms with van der Waals surface area (Å²) in [6, 6.07) is 0. The number of hydrogen-bond acceptors (Lipinski definition) is 4. The Morgan fingerprint density at radius 3 is 0.333 bits per heavy atom. The molecule has 9 heteroatoms. The normalized spacial score (nSPS) is 0. The van der Waals surface area contributed by atoms with Crippen molar-refractivity contribution in [3.05, 3.63) is 0 Å². The topological polar surface area (TPSA) is 140 Å². The first-order valence-electron chi connectivity index (χ1n) is 0. The van der Waals surface area contributed by atoms with Crippen molar-refractivity contribution in [2.24, 2.45) is 0 Å². The average molecular weight is 380 g/mol. The zero-order chi connectivity index (χ0) is 0. The van der Waals surface area contributed by atoms with E-state index in [2.05, 4.69) is 0 Å². The largest absolute Gasteiger partial charge is 0 e. The summed E-state index contributed by atoms with van der Waals surface area (Å²) in [5.41, 5.74) is 0. The molecule has 0 fully saturated rings. The fraction of sp³-hybridized carbons (Fsp3) is 0. The van der Waals surface area contributed by atoms with E-state index in [1.165, 1.54) is 0 Å². The summed E-state index contributed by atoms with van der Waals surface area (Å²) in [5.74, 6) is 0. The van der Waals surface area contributed by atoms with Gasteiger partial charge in [0, 0.05) is 86.9 Å². The van der Waals surface area contributed by atoms with Crippen molar-refractivity contribution in [1.82, 2.24) is 24.6 Å². The van der Waals surface area contributed by atoms with Gasteiger partial charge in [0.1, 0.15) is 0 Å². The monoisotopic (exact) mass is 382 g/mol. The van der Waals surface area contributed by atoms with Crippen LogP contribution in [0.15, 0.2) is 0 Å². The number of hydrogen-bond donors (Lipinski definition) is 4. The van der Waals surface area contributed by atoms with Crippen molar-refractivity contribution in [1.29, 1.82) is 0 Å².